The highest BCUT2D eigenvalue weighted by Gasteiger charge is 2.09. The second-order valence-electron chi connectivity index (χ2n) is 4.52. The van der Waals surface area contributed by atoms with E-state index in [1.54, 1.807) is 6.07 Å². The number of nitrogens with two attached hydrogens (primary N) is 1. The molecule has 0 spiro atoms. The number of para-hydroxylation sites is 1. The molecule has 0 saturated heterocycles. The fourth-order valence-electron chi connectivity index (χ4n) is 2.02. The van der Waals surface area contributed by atoms with Gasteiger partial charge in [0, 0.05) is 24.0 Å². The molecule has 0 saturated carbocycles. The normalized spacial score (nSPS) is 10.0. The first-order valence-electron chi connectivity index (χ1n) is 6.46. The molecule has 0 fully saturated rings. The zero-order valence-electron chi connectivity index (χ0n) is 11.5. The van der Waals surface area contributed by atoms with Crippen molar-refractivity contribution < 1.29 is 0 Å². The molecule has 1 aromatic carbocycles. The third kappa shape index (κ3) is 3.69. The van der Waals surface area contributed by atoms with Crippen molar-refractivity contribution in [2.45, 2.75) is 19.9 Å². The second-order valence-corrected chi connectivity index (χ2v) is 4.52. The van der Waals surface area contributed by atoms with Crippen molar-refractivity contribution in [2.24, 2.45) is 0 Å². The zero-order valence-corrected chi connectivity index (χ0v) is 11.5. The molecule has 0 unspecified atom stereocenters. The molecule has 0 aliphatic carbocycles. The lowest BCUT2D eigenvalue weighted by Crippen LogP contribution is -2.25. The fraction of sp³-hybridized carbons (Fsp3) is 0.267. The second kappa shape index (κ2) is 6.53. The van der Waals surface area contributed by atoms with Crippen LogP contribution >= 0.6 is 0 Å². The van der Waals surface area contributed by atoms with Gasteiger partial charge < -0.3 is 10.6 Å². The predicted octanol–water partition coefficient (Wildman–Crippen LogP) is 2.29. The van der Waals surface area contributed by atoms with Crippen LogP contribution in [0.15, 0.2) is 36.4 Å². The van der Waals surface area contributed by atoms with Crippen molar-refractivity contribution >= 4 is 11.5 Å². The van der Waals surface area contributed by atoms with Gasteiger partial charge in [0.15, 0.2) is 0 Å². The molecule has 20 heavy (non-hydrogen) atoms. The van der Waals surface area contributed by atoms with E-state index in [0.29, 0.717) is 31.2 Å². The van der Waals surface area contributed by atoms with Crippen LogP contribution in [0.25, 0.3) is 0 Å². The number of nitrogens with zero attached hydrogens (tertiary/aromatic N) is 4. The Hall–Kier alpha value is -2.61. The van der Waals surface area contributed by atoms with E-state index in [1.165, 1.54) is 0 Å². The molecular formula is C15H17N5. The fourth-order valence-corrected chi connectivity index (χ4v) is 2.02. The summed E-state index contributed by atoms with van der Waals surface area (Å²) >= 11 is 0. The maximum absolute atomic E-state index is 8.79. The molecule has 0 radical (unpaired) electrons. The maximum Gasteiger partial charge on any atom is 0.150 e. The Morgan fingerprint density at radius 3 is 2.65 bits per heavy atom. The molecule has 0 aliphatic heterocycles. The summed E-state index contributed by atoms with van der Waals surface area (Å²) in [5.41, 5.74) is 7.65. The molecule has 0 bridgehead atoms. The van der Waals surface area contributed by atoms with Crippen LogP contribution in [0.5, 0.6) is 0 Å². The molecule has 1 heterocycles. The Labute approximate surface area is 118 Å². The maximum atomic E-state index is 8.79. The zero-order chi connectivity index (χ0) is 14.4. The topological polar surface area (TPSA) is 78.8 Å². The first-order valence-corrected chi connectivity index (χ1v) is 6.46. The van der Waals surface area contributed by atoms with Crippen LogP contribution in [-0.4, -0.2) is 16.5 Å². The first kappa shape index (κ1) is 13.8. The minimum Gasteiger partial charge on any atom is -0.384 e. The summed E-state index contributed by atoms with van der Waals surface area (Å²) in [6.07, 6.45) is 0.455. The Bertz CT molecular complexity index is 583. The van der Waals surface area contributed by atoms with Crippen LogP contribution in [0, 0.1) is 18.3 Å². The van der Waals surface area contributed by atoms with Crippen molar-refractivity contribution in [3.05, 3.63) is 47.9 Å². The van der Waals surface area contributed by atoms with Crippen molar-refractivity contribution in [3.63, 3.8) is 0 Å². The number of anilines is 2. The highest BCUT2D eigenvalue weighted by Crippen LogP contribution is 2.16. The largest absolute Gasteiger partial charge is 0.384 e. The summed E-state index contributed by atoms with van der Waals surface area (Å²) < 4.78 is 0. The van der Waals surface area contributed by atoms with Gasteiger partial charge in [-0.1, -0.05) is 18.2 Å². The van der Waals surface area contributed by atoms with Gasteiger partial charge in [0.05, 0.1) is 19.0 Å². The van der Waals surface area contributed by atoms with E-state index in [4.69, 9.17) is 11.0 Å². The van der Waals surface area contributed by atoms with E-state index in [0.717, 1.165) is 11.4 Å². The van der Waals surface area contributed by atoms with Crippen LogP contribution in [-0.2, 0) is 6.54 Å². The minimum absolute atomic E-state index is 0.455. The summed E-state index contributed by atoms with van der Waals surface area (Å²) in [7, 11) is 0. The lowest BCUT2D eigenvalue weighted by atomic mass is 10.2. The van der Waals surface area contributed by atoms with Gasteiger partial charge in [0.2, 0.25) is 0 Å². The van der Waals surface area contributed by atoms with Crippen LogP contribution in [0.2, 0.25) is 0 Å². The molecule has 0 aliphatic rings. The third-order valence-electron chi connectivity index (χ3n) is 2.87. The molecule has 2 rings (SSSR count). The first-order chi connectivity index (χ1) is 9.69. The number of benzene rings is 1. The smallest absolute Gasteiger partial charge is 0.150 e. The quantitative estimate of drug-likeness (QED) is 0.899. The highest BCUT2D eigenvalue weighted by atomic mass is 15.2. The van der Waals surface area contributed by atoms with Gasteiger partial charge in [-0.3, -0.25) is 0 Å². The van der Waals surface area contributed by atoms with Crippen LogP contribution < -0.4 is 10.6 Å². The minimum atomic E-state index is 0.455. The highest BCUT2D eigenvalue weighted by molar-refractivity contribution is 5.46. The van der Waals surface area contributed by atoms with Gasteiger partial charge >= 0.3 is 0 Å². The van der Waals surface area contributed by atoms with Crippen LogP contribution in [0.3, 0.4) is 0 Å². The van der Waals surface area contributed by atoms with Gasteiger partial charge in [-0.15, -0.1) is 0 Å². The van der Waals surface area contributed by atoms with Crippen molar-refractivity contribution in [1.29, 1.82) is 5.26 Å². The van der Waals surface area contributed by atoms with E-state index in [1.807, 2.05) is 37.3 Å². The van der Waals surface area contributed by atoms with Gasteiger partial charge in [0.25, 0.3) is 0 Å². The van der Waals surface area contributed by atoms with Crippen molar-refractivity contribution in [1.82, 2.24) is 9.97 Å². The number of rotatable bonds is 5. The van der Waals surface area contributed by atoms with Gasteiger partial charge in [-0.2, -0.15) is 5.26 Å². The van der Waals surface area contributed by atoms with E-state index in [9.17, 15) is 0 Å². The van der Waals surface area contributed by atoms with E-state index in [2.05, 4.69) is 20.9 Å². The van der Waals surface area contributed by atoms with Crippen LogP contribution in [0.1, 0.15) is 17.9 Å². The molecule has 5 nitrogen and oxygen atoms in total. The Morgan fingerprint density at radius 1 is 1.25 bits per heavy atom. The molecule has 5 heteroatoms. The molecule has 2 aromatic rings. The molecule has 0 amide bonds. The van der Waals surface area contributed by atoms with E-state index >= 15 is 0 Å². The average molecular weight is 267 g/mol. The summed E-state index contributed by atoms with van der Waals surface area (Å²) in [6, 6.07) is 13.8. The van der Waals surface area contributed by atoms with E-state index in [-0.39, 0.29) is 0 Å². The number of nitriles is 1. The lowest BCUT2D eigenvalue weighted by Gasteiger charge is -2.23. The predicted molar refractivity (Wildman–Crippen MR) is 78.9 cm³/mol. The molecule has 1 aromatic heterocycles. The molecule has 102 valence electrons. The number of aryl methyl sites for hydroxylation is 1. The number of hydrogen-bond donors (Lipinski definition) is 1. The number of nitrogen functional groups attached to an aromatic ring is 1. The van der Waals surface area contributed by atoms with Crippen molar-refractivity contribution in [3.8, 4) is 6.07 Å². The SMILES string of the molecule is Cc1cc(N)nc(CN(CCC#N)c2ccccc2)n1. The van der Waals surface area contributed by atoms with Crippen LogP contribution in [0.4, 0.5) is 11.5 Å². The summed E-state index contributed by atoms with van der Waals surface area (Å²) in [5.74, 6) is 1.14. The molecular weight excluding hydrogens is 250 g/mol. The Balaban J connectivity index is 2.21. The number of aromatic nitrogens is 2. The van der Waals surface area contributed by atoms with Crippen molar-refractivity contribution in [2.75, 3.05) is 17.2 Å². The Kier molecular flexibility index (Phi) is 4.51. The average Bonchev–Trinajstić information content (AvgIpc) is 2.43. The standard InChI is InChI=1S/C15H17N5/c1-12-10-14(17)19-15(18-12)11-20(9-5-8-16)13-6-3-2-4-7-13/h2-4,6-7,10H,5,9,11H2,1H3,(H2,17,18,19). The number of hydrogen-bond acceptors (Lipinski definition) is 5. The summed E-state index contributed by atoms with van der Waals surface area (Å²) in [6.45, 7) is 3.07. The third-order valence-corrected chi connectivity index (χ3v) is 2.87. The summed E-state index contributed by atoms with van der Waals surface area (Å²) in [5, 5.41) is 8.79. The monoisotopic (exact) mass is 267 g/mol. The Morgan fingerprint density at radius 2 is 2.00 bits per heavy atom. The summed E-state index contributed by atoms with van der Waals surface area (Å²) in [4.78, 5) is 10.7. The molecule has 2 N–H and O–H groups in total. The van der Waals surface area contributed by atoms with Gasteiger partial charge in [-0.05, 0) is 19.1 Å². The van der Waals surface area contributed by atoms with Gasteiger partial charge in [-0.25, -0.2) is 9.97 Å². The molecule has 0 atom stereocenters. The lowest BCUT2D eigenvalue weighted by molar-refractivity contribution is 0.755. The van der Waals surface area contributed by atoms with E-state index < -0.39 is 0 Å². The van der Waals surface area contributed by atoms with Gasteiger partial charge in [0.1, 0.15) is 11.6 Å².